The van der Waals surface area contributed by atoms with Crippen molar-refractivity contribution >= 4 is 38.0 Å². The minimum absolute atomic E-state index is 0.243. The molecule has 5 aromatic rings. The van der Waals surface area contributed by atoms with Crippen molar-refractivity contribution in [3.05, 3.63) is 72.5 Å². The Balaban J connectivity index is 2.03. The van der Waals surface area contributed by atoms with Crippen molar-refractivity contribution in [2.75, 3.05) is 12.8 Å². The zero-order chi connectivity index (χ0) is 17.8. The van der Waals surface area contributed by atoms with Crippen molar-refractivity contribution in [3.63, 3.8) is 0 Å². The molecule has 0 unspecified atom stereocenters. The first-order valence-corrected chi connectivity index (χ1v) is 8.48. The van der Waals surface area contributed by atoms with Gasteiger partial charge in [-0.3, -0.25) is 0 Å². The van der Waals surface area contributed by atoms with Gasteiger partial charge in [0.2, 0.25) is 0 Å². The molecule has 0 fully saturated rings. The fourth-order valence-corrected chi connectivity index (χ4v) is 3.99. The van der Waals surface area contributed by atoms with Gasteiger partial charge in [0.15, 0.2) is 0 Å². The van der Waals surface area contributed by atoms with Gasteiger partial charge < -0.3 is 10.5 Å². The highest BCUT2D eigenvalue weighted by Gasteiger charge is 2.19. The molecule has 0 radical (unpaired) electrons. The maximum atomic E-state index is 14.9. The molecule has 2 N–H and O–H groups in total. The predicted molar refractivity (Wildman–Crippen MR) is 107 cm³/mol. The minimum atomic E-state index is -0.243. The van der Waals surface area contributed by atoms with Gasteiger partial charge in [-0.1, -0.05) is 48.5 Å². The molecule has 0 aliphatic carbocycles. The van der Waals surface area contributed by atoms with E-state index < -0.39 is 0 Å². The Morgan fingerprint density at radius 2 is 1.54 bits per heavy atom. The normalized spacial score (nSPS) is 11.6. The lowest BCUT2D eigenvalue weighted by atomic mass is 9.90. The Morgan fingerprint density at radius 3 is 2.35 bits per heavy atom. The lowest BCUT2D eigenvalue weighted by Gasteiger charge is -2.18. The summed E-state index contributed by atoms with van der Waals surface area (Å²) in [5.74, 6) is 0.402. The third kappa shape index (κ3) is 1.91. The highest BCUT2D eigenvalue weighted by Crippen LogP contribution is 2.45. The molecule has 26 heavy (non-hydrogen) atoms. The number of para-hydroxylation sites is 1. The smallest absolute Gasteiger partial charge is 0.134 e. The summed E-state index contributed by atoms with van der Waals surface area (Å²) >= 11 is 0. The molecule has 126 valence electrons. The molecule has 0 aromatic heterocycles. The molecular weight excluding hydrogens is 325 g/mol. The predicted octanol–water partition coefficient (Wildman–Crippen LogP) is 5.98. The van der Waals surface area contributed by atoms with E-state index in [9.17, 15) is 4.39 Å². The number of benzene rings is 5. The Kier molecular flexibility index (Phi) is 3.07. The largest absolute Gasteiger partial charge is 0.495 e. The Labute approximate surface area is 149 Å². The zero-order valence-corrected chi connectivity index (χ0v) is 14.2. The van der Waals surface area contributed by atoms with Crippen LogP contribution in [0.25, 0.3) is 43.4 Å². The second-order valence-electron chi connectivity index (χ2n) is 6.52. The Hall–Kier alpha value is -3.33. The molecule has 0 saturated heterocycles. The van der Waals surface area contributed by atoms with E-state index in [0.29, 0.717) is 16.8 Å². The van der Waals surface area contributed by atoms with Crippen molar-refractivity contribution in [1.82, 2.24) is 0 Å². The maximum absolute atomic E-state index is 14.9. The van der Waals surface area contributed by atoms with Crippen molar-refractivity contribution < 1.29 is 9.13 Å². The summed E-state index contributed by atoms with van der Waals surface area (Å²) in [6.07, 6.45) is 0. The highest BCUT2D eigenvalue weighted by atomic mass is 19.1. The van der Waals surface area contributed by atoms with Gasteiger partial charge in [0.05, 0.1) is 7.11 Å². The zero-order valence-electron chi connectivity index (χ0n) is 14.2. The minimum Gasteiger partial charge on any atom is -0.495 e. The van der Waals surface area contributed by atoms with Crippen LogP contribution in [0.2, 0.25) is 0 Å². The van der Waals surface area contributed by atoms with Crippen LogP contribution in [0.5, 0.6) is 5.75 Å². The first-order valence-electron chi connectivity index (χ1n) is 8.48. The van der Waals surface area contributed by atoms with Crippen LogP contribution in [0.15, 0.2) is 66.7 Å². The molecule has 0 amide bonds. The molecule has 0 aliphatic heterocycles. The number of rotatable bonds is 2. The van der Waals surface area contributed by atoms with E-state index in [2.05, 4.69) is 12.1 Å². The number of hydrogen-bond acceptors (Lipinski definition) is 2. The lowest BCUT2D eigenvalue weighted by Crippen LogP contribution is -1.96. The van der Waals surface area contributed by atoms with E-state index >= 15 is 0 Å². The number of hydrogen-bond donors (Lipinski definition) is 1. The van der Waals surface area contributed by atoms with Gasteiger partial charge >= 0.3 is 0 Å². The molecule has 5 aromatic carbocycles. The lowest BCUT2D eigenvalue weighted by molar-refractivity contribution is 0.421. The number of ether oxygens (including phenoxy) is 1. The van der Waals surface area contributed by atoms with Crippen LogP contribution < -0.4 is 10.5 Å². The molecule has 2 nitrogen and oxygen atoms in total. The third-order valence-corrected chi connectivity index (χ3v) is 5.12. The van der Waals surface area contributed by atoms with E-state index in [4.69, 9.17) is 10.5 Å². The quantitative estimate of drug-likeness (QED) is 0.316. The van der Waals surface area contributed by atoms with Gasteiger partial charge in [-0.15, -0.1) is 0 Å². The van der Waals surface area contributed by atoms with E-state index in [1.807, 2.05) is 48.5 Å². The SMILES string of the molecule is COc1c(-c2ccccc2N)cc2ccc3cccc4c(F)cc1c2c34. The fraction of sp³-hybridized carbons (Fsp3) is 0.0435. The molecule has 0 heterocycles. The summed E-state index contributed by atoms with van der Waals surface area (Å²) < 4.78 is 20.6. The Morgan fingerprint density at radius 1 is 0.769 bits per heavy atom. The fourth-order valence-electron chi connectivity index (χ4n) is 3.99. The molecule has 0 aliphatic rings. The first kappa shape index (κ1) is 15.0. The number of anilines is 1. The highest BCUT2D eigenvalue weighted by molar-refractivity contribution is 6.25. The molecule has 0 saturated carbocycles. The molecule has 0 spiro atoms. The first-order chi connectivity index (χ1) is 12.7. The van der Waals surface area contributed by atoms with Gasteiger partial charge in [-0.05, 0) is 29.0 Å². The average molecular weight is 341 g/mol. The number of halogens is 1. The van der Waals surface area contributed by atoms with Gasteiger partial charge in [0.1, 0.15) is 11.6 Å². The molecule has 3 heteroatoms. The van der Waals surface area contributed by atoms with E-state index in [0.717, 1.165) is 38.1 Å². The van der Waals surface area contributed by atoms with Crippen molar-refractivity contribution in [2.24, 2.45) is 0 Å². The summed E-state index contributed by atoms with van der Waals surface area (Å²) in [5, 5.41) is 5.43. The van der Waals surface area contributed by atoms with Crippen LogP contribution in [0.3, 0.4) is 0 Å². The molecule has 0 atom stereocenters. The molecule has 5 rings (SSSR count). The Bertz CT molecular complexity index is 1290. The second kappa shape index (κ2) is 5.33. The summed E-state index contributed by atoms with van der Waals surface area (Å²) in [6.45, 7) is 0. The summed E-state index contributed by atoms with van der Waals surface area (Å²) in [4.78, 5) is 0. The van der Waals surface area contributed by atoms with Gasteiger partial charge in [-0.25, -0.2) is 4.39 Å². The second-order valence-corrected chi connectivity index (χ2v) is 6.52. The van der Waals surface area contributed by atoms with Gasteiger partial charge in [0.25, 0.3) is 0 Å². The summed E-state index contributed by atoms with van der Waals surface area (Å²) in [7, 11) is 1.62. The van der Waals surface area contributed by atoms with Gasteiger partial charge in [-0.2, -0.15) is 0 Å². The average Bonchev–Trinajstić information content (AvgIpc) is 2.66. The van der Waals surface area contributed by atoms with E-state index in [1.165, 1.54) is 0 Å². The standard InChI is InChI=1S/C23H16FNO/c1-26-23-17(15-6-2-3-8-20(15)25)11-14-10-9-13-5-4-7-16-19(24)12-18(23)22(14)21(13)16/h2-12H,25H2,1H3. The monoisotopic (exact) mass is 341 g/mol. The van der Waals surface area contributed by atoms with E-state index in [1.54, 1.807) is 13.2 Å². The molecule has 0 bridgehead atoms. The number of nitrogens with two attached hydrogens (primary N) is 1. The van der Waals surface area contributed by atoms with Crippen molar-refractivity contribution in [2.45, 2.75) is 0 Å². The van der Waals surface area contributed by atoms with Crippen LogP contribution in [0.4, 0.5) is 10.1 Å². The number of methoxy groups -OCH3 is 1. The third-order valence-electron chi connectivity index (χ3n) is 5.12. The molecular formula is C23H16FNO. The summed E-state index contributed by atoms with van der Waals surface area (Å²) in [5.41, 5.74) is 8.62. The van der Waals surface area contributed by atoms with Crippen LogP contribution in [-0.4, -0.2) is 7.11 Å². The van der Waals surface area contributed by atoms with Crippen LogP contribution >= 0.6 is 0 Å². The van der Waals surface area contributed by atoms with Crippen LogP contribution in [0, 0.1) is 5.82 Å². The maximum Gasteiger partial charge on any atom is 0.134 e. The van der Waals surface area contributed by atoms with Crippen molar-refractivity contribution in [3.8, 4) is 16.9 Å². The summed E-state index contributed by atoms with van der Waals surface area (Å²) in [6, 6.07) is 21.1. The van der Waals surface area contributed by atoms with Crippen molar-refractivity contribution in [1.29, 1.82) is 0 Å². The van der Waals surface area contributed by atoms with E-state index in [-0.39, 0.29) is 5.82 Å². The van der Waals surface area contributed by atoms with Crippen LogP contribution in [0.1, 0.15) is 0 Å². The number of nitrogen functional groups attached to an aromatic ring is 1. The van der Waals surface area contributed by atoms with Gasteiger partial charge in [0, 0.05) is 38.4 Å². The topological polar surface area (TPSA) is 35.2 Å². The van der Waals surface area contributed by atoms with Crippen LogP contribution in [-0.2, 0) is 0 Å².